The molecule has 0 spiro atoms. The standard InChI is InChI=1S/C20H24FN3O4/c1-23-18-12(16(20(23)28)13-3-5-15(26)22-19(13)27)2-4-14(17(18)21)24-8-6-11(10-25)7-9-24/h2,4,11,13,16,25H,3,5-10H2,1H3,(H,22,26,27). The minimum Gasteiger partial charge on any atom is -0.396 e. The van der Waals surface area contributed by atoms with Crippen LogP contribution in [-0.2, 0) is 14.4 Å². The number of anilines is 2. The van der Waals surface area contributed by atoms with E-state index in [4.69, 9.17) is 0 Å². The van der Waals surface area contributed by atoms with Gasteiger partial charge in [0.15, 0.2) is 5.82 Å². The first-order chi connectivity index (χ1) is 13.4. The zero-order chi connectivity index (χ0) is 20.0. The van der Waals surface area contributed by atoms with Crippen LogP contribution in [0.2, 0.25) is 0 Å². The lowest BCUT2D eigenvalue weighted by Crippen LogP contribution is -2.44. The van der Waals surface area contributed by atoms with Crippen LogP contribution in [0.15, 0.2) is 12.1 Å². The molecule has 0 saturated carbocycles. The van der Waals surface area contributed by atoms with Gasteiger partial charge in [0.2, 0.25) is 17.7 Å². The first kappa shape index (κ1) is 18.9. The maximum Gasteiger partial charge on any atom is 0.235 e. The summed E-state index contributed by atoms with van der Waals surface area (Å²) in [4.78, 5) is 39.8. The third-order valence-corrected chi connectivity index (χ3v) is 6.29. The molecular weight excluding hydrogens is 365 g/mol. The fraction of sp³-hybridized carbons (Fsp3) is 0.550. The molecule has 150 valence electrons. The lowest BCUT2D eigenvalue weighted by atomic mass is 9.81. The minimum atomic E-state index is -0.767. The molecule has 7 nitrogen and oxygen atoms in total. The summed E-state index contributed by atoms with van der Waals surface area (Å²) in [6.45, 7) is 1.44. The average molecular weight is 389 g/mol. The van der Waals surface area contributed by atoms with Gasteiger partial charge in [0.05, 0.1) is 23.2 Å². The van der Waals surface area contributed by atoms with Crippen molar-refractivity contribution in [2.75, 3.05) is 36.5 Å². The SMILES string of the molecule is CN1C(=O)C(C2CCC(=O)NC2=O)c2ccc(N3CCC(CO)CC3)c(F)c21. The average Bonchev–Trinajstić information content (AvgIpc) is 2.94. The number of carbonyl (C=O) groups is 3. The van der Waals surface area contributed by atoms with Crippen LogP contribution in [-0.4, -0.2) is 49.6 Å². The third-order valence-electron chi connectivity index (χ3n) is 6.29. The lowest BCUT2D eigenvalue weighted by Gasteiger charge is -2.33. The summed E-state index contributed by atoms with van der Waals surface area (Å²) in [7, 11) is 1.53. The maximum atomic E-state index is 15.4. The van der Waals surface area contributed by atoms with Gasteiger partial charge in [-0.1, -0.05) is 6.07 Å². The number of carbonyl (C=O) groups excluding carboxylic acids is 3. The van der Waals surface area contributed by atoms with Crippen molar-refractivity contribution in [1.82, 2.24) is 5.32 Å². The van der Waals surface area contributed by atoms with E-state index < -0.39 is 23.6 Å². The van der Waals surface area contributed by atoms with Crippen molar-refractivity contribution in [2.45, 2.75) is 31.6 Å². The predicted octanol–water partition coefficient (Wildman–Crippen LogP) is 1.15. The molecule has 2 atom stereocenters. The van der Waals surface area contributed by atoms with Gasteiger partial charge < -0.3 is 14.9 Å². The maximum absolute atomic E-state index is 15.4. The van der Waals surface area contributed by atoms with Crippen LogP contribution in [0.4, 0.5) is 15.8 Å². The number of hydrogen-bond donors (Lipinski definition) is 2. The molecule has 0 aromatic heterocycles. The largest absolute Gasteiger partial charge is 0.396 e. The van der Waals surface area contributed by atoms with Crippen molar-refractivity contribution in [1.29, 1.82) is 0 Å². The Morgan fingerprint density at radius 1 is 1.18 bits per heavy atom. The van der Waals surface area contributed by atoms with E-state index in [0.717, 1.165) is 12.8 Å². The number of fused-ring (bicyclic) bond motifs is 1. The molecule has 0 radical (unpaired) electrons. The molecule has 0 aliphatic carbocycles. The van der Waals surface area contributed by atoms with Crippen LogP contribution in [0.25, 0.3) is 0 Å². The van der Waals surface area contributed by atoms with E-state index in [9.17, 15) is 19.5 Å². The number of halogens is 1. The zero-order valence-corrected chi connectivity index (χ0v) is 15.8. The monoisotopic (exact) mass is 389 g/mol. The molecule has 0 bridgehead atoms. The van der Waals surface area contributed by atoms with Crippen molar-refractivity contribution >= 4 is 29.1 Å². The van der Waals surface area contributed by atoms with E-state index in [1.807, 2.05) is 4.90 Å². The van der Waals surface area contributed by atoms with Crippen LogP contribution < -0.4 is 15.1 Å². The van der Waals surface area contributed by atoms with Crippen molar-refractivity contribution in [3.05, 3.63) is 23.5 Å². The topological polar surface area (TPSA) is 90.0 Å². The summed E-state index contributed by atoms with van der Waals surface area (Å²) in [6.07, 6.45) is 2.05. The molecule has 2 unspecified atom stereocenters. The van der Waals surface area contributed by atoms with Gasteiger partial charge in [-0.15, -0.1) is 0 Å². The second-order valence-electron chi connectivity index (χ2n) is 7.88. The Hall–Kier alpha value is -2.48. The smallest absolute Gasteiger partial charge is 0.235 e. The number of nitrogens with one attached hydrogen (secondary N) is 1. The molecule has 2 saturated heterocycles. The second kappa shape index (κ2) is 7.16. The van der Waals surface area contributed by atoms with Crippen LogP contribution in [0.5, 0.6) is 0 Å². The number of likely N-dealkylation sites (N-methyl/N-ethyl adjacent to an activating group) is 1. The highest BCUT2D eigenvalue weighted by Gasteiger charge is 2.46. The van der Waals surface area contributed by atoms with Gasteiger partial charge in [-0.2, -0.15) is 0 Å². The molecule has 8 heteroatoms. The molecule has 3 amide bonds. The number of piperidine rings is 2. The van der Waals surface area contributed by atoms with Crippen molar-refractivity contribution in [2.24, 2.45) is 11.8 Å². The van der Waals surface area contributed by atoms with Crippen LogP contribution in [0, 0.1) is 17.7 Å². The second-order valence-corrected chi connectivity index (χ2v) is 7.88. The summed E-state index contributed by atoms with van der Waals surface area (Å²) in [5.41, 5.74) is 1.17. The number of benzene rings is 1. The van der Waals surface area contributed by atoms with Gasteiger partial charge in [0.1, 0.15) is 0 Å². The molecule has 1 aromatic rings. The highest BCUT2D eigenvalue weighted by molar-refractivity contribution is 6.09. The molecule has 3 aliphatic rings. The molecule has 4 rings (SSSR count). The summed E-state index contributed by atoms with van der Waals surface area (Å²) in [5.74, 6) is -2.77. The Morgan fingerprint density at radius 2 is 1.89 bits per heavy atom. The molecule has 3 aliphatic heterocycles. The van der Waals surface area contributed by atoms with Crippen molar-refractivity contribution in [3.63, 3.8) is 0 Å². The van der Waals surface area contributed by atoms with Gasteiger partial charge in [-0.25, -0.2) is 4.39 Å². The van der Waals surface area contributed by atoms with E-state index in [1.54, 1.807) is 12.1 Å². The molecule has 2 fully saturated rings. The Kier molecular flexibility index (Phi) is 4.82. The fourth-order valence-corrected chi connectivity index (χ4v) is 4.63. The highest BCUT2D eigenvalue weighted by atomic mass is 19.1. The van der Waals surface area contributed by atoms with Gasteiger partial charge in [-0.05, 0) is 36.8 Å². The predicted molar refractivity (Wildman–Crippen MR) is 100 cm³/mol. The van der Waals surface area contributed by atoms with Crippen molar-refractivity contribution in [3.8, 4) is 0 Å². The number of imide groups is 1. The van der Waals surface area contributed by atoms with E-state index in [1.165, 1.54) is 11.9 Å². The number of amides is 3. The van der Waals surface area contributed by atoms with E-state index in [-0.39, 0.29) is 42.9 Å². The summed E-state index contributed by atoms with van der Waals surface area (Å²) in [5, 5.41) is 11.6. The van der Waals surface area contributed by atoms with Gasteiger partial charge in [0, 0.05) is 33.2 Å². The lowest BCUT2D eigenvalue weighted by molar-refractivity contribution is -0.139. The zero-order valence-electron chi connectivity index (χ0n) is 15.8. The van der Waals surface area contributed by atoms with Gasteiger partial charge >= 0.3 is 0 Å². The number of rotatable bonds is 3. The van der Waals surface area contributed by atoms with E-state index in [0.29, 0.717) is 24.3 Å². The Balaban J connectivity index is 1.65. The van der Waals surface area contributed by atoms with Crippen LogP contribution >= 0.6 is 0 Å². The Morgan fingerprint density at radius 3 is 2.54 bits per heavy atom. The van der Waals surface area contributed by atoms with E-state index >= 15 is 4.39 Å². The minimum absolute atomic E-state index is 0.144. The third kappa shape index (κ3) is 2.96. The van der Waals surface area contributed by atoms with Crippen LogP contribution in [0.1, 0.15) is 37.2 Å². The summed E-state index contributed by atoms with van der Waals surface area (Å²) < 4.78 is 15.4. The number of aliphatic hydroxyl groups excluding tert-OH is 1. The van der Waals surface area contributed by atoms with Crippen LogP contribution in [0.3, 0.4) is 0 Å². The summed E-state index contributed by atoms with van der Waals surface area (Å²) >= 11 is 0. The first-order valence-corrected chi connectivity index (χ1v) is 9.71. The van der Waals surface area contributed by atoms with Gasteiger partial charge in [-0.3, -0.25) is 19.7 Å². The number of nitrogens with zero attached hydrogens (tertiary/aromatic N) is 2. The van der Waals surface area contributed by atoms with E-state index in [2.05, 4.69) is 5.32 Å². The molecule has 2 N–H and O–H groups in total. The first-order valence-electron chi connectivity index (χ1n) is 9.71. The normalized spacial score (nSPS) is 25.9. The molecular formula is C20H24FN3O4. The number of aliphatic hydroxyl groups is 1. The Labute approximate surface area is 162 Å². The van der Waals surface area contributed by atoms with Crippen molar-refractivity contribution < 1.29 is 23.9 Å². The van der Waals surface area contributed by atoms with Gasteiger partial charge in [0.25, 0.3) is 0 Å². The fourth-order valence-electron chi connectivity index (χ4n) is 4.63. The molecule has 3 heterocycles. The summed E-state index contributed by atoms with van der Waals surface area (Å²) in [6, 6.07) is 3.42. The Bertz CT molecular complexity index is 835. The number of hydrogen-bond acceptors (Lipinski definition) is 5. The molecule has 28 heavy (non-hydrogen) atoms. The quantitative estimate of drug-likeness (QED) is 0.757. The highest BCUT2D eigenvalue weighted by Crippen LogP contribution is 2.46. The molecule has 1 aromatic carbocycles.